The molecule has 0 spiro atoms. The van der Waals surface area contributed by atoms with E-state index in [9.17, 15) is 0 Å². The number of hydrogen-bond acceptors (Lipinski definition) is 5. The molecule has 0 amide bonds. The van der Waals surface area contributed by atoms with Crippen molar-refractivity contribution in [3.8, 4) is 56.4 Å². The molecule has 4 nitrogen and oxygen atoms in total. The molecule has 50 heavy (non-hydrogen) atoms. The Morgan fingerprint density at radius 2 is 0.860 bits per heavy atom. The van der Waals surface area contributed by atoms with Crippen LogP contribution in [0.1, 0.15) is 0 Å². The minimum atomic E-state index is 0.603. The molecule has 0 atom stereocenters. The molecule has 0 saturated heterocycles. The van der Waals surface area contributed by atoms with Crippen LogP contribution in [0.3, 0.4) is 0 Å². The molecule has 7 aromatic carbocycles. The molecule has 0 fully saturated rings. The van der Waals surface area contributed by atoms with E-state index in [4.69, 9.17) is 19.4 Å². The van der Waals surface area contributed by atoms with E-state index in [2.05, 4.69) is 97.1 Å². The maximum absolute atomic E-state index is 6.43. The summed E-state index contributed by atoms with van der Waals surface area (Å²) in [5.41, 5.74) is 9.11. The van der Waals surface area contributed by atoms with Crippen molar-refractivity contribution in [1.82, 2.24) is 15.0 Å². The molecule has 5 heteroatoms. The molecule has 0 bridgehead atoms. The number of benzene rings is 7. The SMILES string of the molecule is c1ccc(-c2nc(-c3ccccc3)nc(-c3ccc4c(c3)oc3ccc(-c5cccc(-c6ccc7sc8ccccc8c7c6)c5)cc34)n2)cc1. The van der Waals surface area contributed by atoms with E-state index in [0.717, 1.165) is 49.8 Å². The van der Waals surface area contributed by atoms with Crippen molar-refractivity contribution in [2.24, 2.45) is 0 Å². The van der Waals surface area contributed by atoms with Gasteiger partial charge in [-0.05, 0) is 70.8 Å². The molecule has 3 aromatic heterocycles. The lowest BCUT2D eigenvalue weighted by Gasteiger charge is -2.08. The van der Waals surface area contributed by atoms with E-state index in [0.29, 0.717) is 17.5 Å². The number of fused-ring (bicyclic) bond motifs is 6. The molecule has 0 radical (unpaired) electrons. The zero-order chi connectivity index (χ0) is 33.0. The molecular weight excluding hydrogens is 631 g/mol. The van der Waals surface area contributed by atoms with Crippen LogP contribution in [0.15, 0.2) is 168 Å². The zero-order valence-corrected chi connectivity index (χ0v) is 27.6. The molecule has 0 aliphatic rings. The third kappa shape index (κ3) is 4.95. The monoisotopic (exact) mass is 657 g/mol. The van der Waals surface area contributed by atoms with Crippen LogP contribution >= 0.6 is 11.3 Å². The Balaban J connectivity index is 1.03. The van der Waals surface area contributed by atoms with Crippen LogP contribution in [-0.2, 0) is 0 Å². The summed E-state index contributed by atoms with van der Waals surface area (Å²) in [7, 11) is 0. The van der Waals surface area contributed by atoms with Gasteiger partial charge in [0.2, 0.25) is 0 Å². The summed E-state index contributed by atoms with van der Waals surface area (Å²) in [5.74, 6) is 1.87. The normalized spacial score (nSPS) is 11.6. The largest absolute Gasteiger partial charge is 0.456 e. The Kier molecular flexibility index (Phi) is 6.64. The standard InChI is InChI=1S/C45H27N3OS/c1-3-10-28(11-4-1)43-46-44(29-12-5-2-6-13-29)48-45(47-43)34-18-21-35-37-25-32(19-22-39(37)49-40(35)27-34)30-14-9-15-31(24-30)33-20-23-42-38(26-33)36-16-7-8-17-41(36)50-42/h1-27H. The topological polar surface area (TPSA) is 51.8 Å². The second-order valence-corrected chi connectivity index (χ2v) is 13.5. The van der Waals surface area contributed by atoms with Crippen LogP contribution in [0.2, 0.25) is 0 Å². The van der Waals surface area contributed by atoms with Crippen molar-refractivity contribution < 1.29 is 4.42 Å². The van der Waals surface area contributed by atoms with Gasteiger partial charge in [0.25, 0.3) is 0 Å². The van der Waals surface area contributed by atoms with Crippen LogP contribution in [0.5, 0.6) is 0 Å². The van der Waals surface area contributed by atoms with Crippen molar-refractivity contribution in [3.05, 3.63) is 164 Å². The Hall–Kier alpha value is -6.43. The first kappa shape index (κ1) is 28.6. The van der Waals surface area contributed by atoms with Crippen LogP contribution in [0.4, 0.5) is 0 Å². The Morgan fingerprint density at radius 3 is 1.58 bits per heavy atom. The van der Waals surface area contributed by atoms with Gasteiger partial charge in [0.15, 0.2) is 17.5 Å². The van der Waals surface area contributed by atoms with E-state index in [1.54, 1.807) is 0 Å². The molecule has 0 unspecified atom stereocenters. The van der Waals surface area contributed by atoms with Crippen LogP contribution in [0, 0.1) is 0 Å². The highest BCUT2D eigenvalue weighted by Crippen LogP contribution is 2.38. The fourth-order valence-corrected chi connectivity index (χ4v) is 7.90. The summed E-state index contributed by atoms with van der Waals surface area (Å²) < 4.78 is 9.06. The lowest BCUT2D eigenvalue weighted by molar-refractivity contribution is 0.669. The average Bonchev–Trinajstić information content (AvgIpc) is 3.75. The number of furan rings is 1. The number of rotatable bonds is 5. The van der Waals surface area contributed by atoms with Crippen molar-refractivity contribution in [1.29, 1.82) is 0 Å². The van der Waals surface area contributed by atoms with Gasteiger partial charge in [0, 0.05) is 47.6 Å². The van der Waals surface area contributed by atoms with Crippen LogP contribution in [0.25, 0.3) is 98.5 Å². The molecule has 10 rings (SSSR count). The summed E-state index contributed by atoms with van der Waals surface area (Å²) in [6, 6.07) is 57.0. The third-order valence-electron chi connectivity index (χ3n) is 9.33. The van der Waals surface area contributed by atoms with E-state index in [1.807, 2.05) is 78.1 Å². The van der Waals surface area contributed by atoms with Gasteiger partial charge >= 0.3 is 0 Å². The van der Waals surface area contributed by atoms with Gasteiger partial charge in [-0.2, -0.15) is 0 Å². The highest BCUT2D eigenvalue weighted by atomic mass is 32.1. The lowest BCUT2D eigenvalue weighted by Crippen LogP contribution is -2.00. The molecule has 0 saturated carbocycles. The molecule has 0 N–H and O–H groups in total. The van der Waals surface area contributed by atoms with Gasteiger partial charge < -0.3 is 4.42 Å². The van der Waals surface area contributed by atoms with Crippen LogP contribution in [-0.4, -0.2) is 15.0 Å². The summed E-state index contributed by atoms with van der Waals surface area (Å²) in [5, 5.41) is 4.75. The van der Waals surface area contributed by atoms with E-state index in [-0.39, 0.29) is 0 Å². The highest BCUT2D eigenvalue weighted by Gasteiger charge is 2.15. The predicted molar refractivity (Wildman–Crippen MR) is 207 cm³/mol. The Bertz CT molecular complexity index is 2820. The lowest BCUT2D eigenvalue weighted by atomic mass is 9.97. The van der Waals surface area contributed by atoms with Gasteiger partial charge in [0.1, 0.15) is 11.2 Å². The number of nitrogens with zero attached hydrogens (tertiary/aromatic N) is 3. The maximum atomic E-state index is 6.43. The zero-order valence-electron chi connectivity index (χ0n) is 26.7. The highest BCUT2D eigenvalue weighted by molar-refractivity contribution is 7.25. The van der Waals surface area contributed by atoms with Gasteiger partial charge in [0.05, 0.1) is 0 Å². The van der Waals surface area contributed by atoms with E-state index >= 15 is 0 Å². The summed E-state index contributed by atoms with van der Waals surface area (Å²) in [6.07, 6.45) is 0. The fraction of sp³-hybridized carbons (Fsp3) is 0. The van der Waals surface area contributed by atoms with Crippen molar-refractivity contribution in [3.63, 3.8) is 0 Å². The summed E-state index contributed by atoms with van der Waals surface area (Å²) >= 11 is 1.85. The fourth-order valence-electron chi connectivity index (χ4n) is 6.82. The molecule has 0 aliphatic carbocycles. The second-order valence-electron chi connectivity index (χ2n) is 12.5. The molecule has 234 valence electrons. The smallest absolute Gasteiger partial charge is 0.164 e. The van der Waals surface area contributed by atoms with Gasteiger partial charge in [-0.3, -0.25) is 0 Å². The summed E-state index contributed by atoms with van der Waals surface area (Å²) in [4.78, 5) is 14.7. The molecule has 0 aliphatic heterocycles. The average molecular weight is 658 g/mol. The quantitative estimate of drug-likeness (QED) is 0.185. The minimum absolute atomic E-state index is 0.603. The molecular formula is C45H27N3OS. The van der Waals surface area contributed by atoms with Crippen molar-refractivity contribution >= 4 is 53.4 Å². The predicted octanol–water partition coefficient (Wildman–Crippen LogP) is 12.5. The minimum Gasteiger partial charge on any atom is -0.456 e. The first-order valence-corrected chi connectivity index (χ1v) is 17.4. The third-order valence-corrected chi connectivity index (χ3v) is 10.5. The molecule has 10 aromatic rings. The second kappa shape index (κ2) is 11.6. The first-order chi connectivity index (χ1) is 24.7. The van der Waals surface area contributed by atoms with Gasteiger partial charge in [-0.25, -0.2) is 15.0 Å². The van der Waals surface area contributed by atoms with E-state index < -0.39 is 0 Å². The maximum Gasteiger partial charge on any atom is 0.164 e. The molecule has 3 heterocycles. The van der Waals surface area contributed by atoms with Crippen molar-refractivity contribution in [2.45, 2.75) is 0 Å². The Labute approximate surface area is 292 Å². The van der Waals surface area contributed by atoms with Gasteiger partial charge in [-0.1, -0.05) is 115 Å². The summed E-state index contributed by atoms with van der Waals surface area (Å²) in [6.45, 7) is 0. The van der Waals surface area contributed by atoms with E-state index in [1.165, 1.54) is 31.3 Å². The van der Waals surface area contributed by atoms with Crippen LogP contribution < -0.4 is 0 Å². The number of aromatic nitrogens is 3. The van der Waals surface area contributed by atoms with Gasteiger partial charge in [-0.15, -0.1) is 11.3 Å². The first-order valence-electron chi connectivity index (χ1n) is 16.6. The Morgan fingerprint density at radius 1 is 0.320 bits per heavy atom. The number of hydrogen-bond donors (Lipinski definition) is 0. The number of thiophene rings is 1. The van der Waals surface area contributed by atoms with Crippen molar-refractivity contribution in [2.75, 3.05) is 0 Å².